The number of nitrogens with one attached hydrogen (secondary N) is 1. The normalized spacial score (nSPS) is 11.7. The van der Waals surface area contributed by atoms with Crippen LogP contribution >= 0.6 is 11.3 Å². The van der Waals surface area contributed by atoms with Gasteiger partial charge in [0, 0.05) is 16.8 Å². The lowest BCUT2D eigenvalue weighted by atomic mass is 10.1. The number of hydrogen-bond donors (Lipinski definition) is 1. The minimum Gasteiger partial charge on any atom is -0.326 e. The molecule has 0 bridgehead atoms. The van der Waals surface area contributed by atoms with Crippen LogP contribution in [-0.4, -0.2) is 20.7 Å². The molecule has 0 fully saturated rings. The van der Waals surface area contributed by atoms with Crippen LogP contribution in [0.15, 0.2) is 29.6 Å². The molecular formula is C21H23F3N4OS. The number of thiazole rings is 1. The Balaban J connectivity index is 1.70. The quantitative estimate of drug-likeness (QED) is 0.533. The number of amides is 1. The van der Waals surface area contributed by atoms with Crippen LogP contribution in [-0.2, 0) is 23.8 Å². The van der Waals surface area contributed by atoms with Gasteiger partial charge in [0.1, 0.15) is 0 Å². The van der Waals surface area contributed by atoms with Crippen molar-refractivity contribution in [3.8, 4) is 5.13 Å². The van der Waals surface area contributed by atoms with Gasteiger partial charge in [-0.05, 0) is 50.5 Å². The van der Waals surface area contributed by atoms with Gasteiger partial charge in [0.05, 0.1) is 23.4 Å². The Labute approximate surface area is 177 Å². The Morgan fingerprint density at radius 3 is 2.73 bits per heavy atom. The molecule has 3 aromatic rings. The maximum Gasteiger partial charge on any atom is 0.416 e. The number of aromatic nitrogens is 3. The first-order chi connectivity index (χ1) is 14.2. The van der Waals surface area contributed by atoms with Gasteiger partial charge in [0.2, 0.25) is 11.0 Å². The van der Waals surface area contributed by atoms with E-state index >= 15 is 0 Å². The van der Waals surface area contributed by atoms with Crippen LogP contribution in [0.25, 0.3) is 5.13 Å². The largest absolute Gasteiger partial charge is 0.416 e. The van der Waals surface area contributed by atoms with Crippen LogP contribution in [0, 0.1) is 13.8 Å². The standard InChI is InChI=1S/C21H23F3N4OS/c1-4-5-9-18-13(2)27-28(14(18)3)20-26-17(12-30-20)11-19(29)25-16-8-6-7-15(10-16)21(22,23)24/h6-8,10,12H,4-5,9,11H2,1-3H3,(H,25,29). The number of halogens is 3. The first-order valence-electron chi connectivity index (χ1n) is 9.66. The Kier molecular flexibility index (Phi) is 6.60. The molecule has 3 rings (SSSR count). The van der Waals surface area contributed by atoms with E-state index in [9.17, 15) is 18.0 Å². The number of anilines is 1. The zero-order valence-electron chi connectivity index (χ0n) is 17.0. The van der Waals surface area contributed by atoms with Crippen molar-refractivity contribution < 1.29 is 18.0 Å². The van der Waals surface area contributed by atoms with E-state index in [1.54, 1.807) is 10.1 Å². The third kappa shape index (κ3) is 5.08. The van der Waals surface area contributed by atoms with Crippen LogP contribution in [0.3, 0.4) is 0 Å². The summed E-state index contributed by atoms with van der Waals surface area (Å²) in [4.78, 5) is 16.8. The fraction of sp³-hybridized carbons (Fsp3) is 0.381. The molecule has 0 aliphatic carbocycles. The molecule has 160 valence electrons. The van der Waals surface area contributed by atoms with Crippen molar-refractivity contribution in [3.05, 3.63) is 57.9 Å². The van der Waals surface area contributed by atoms with Gasteiger partial charge in [0.25, 0.3) is 0 Å². The highest BCUT2D eigenvalue weighted by Gasteiger charge is 2.30. The third-order valence-corrected chi connectivity index (χ3v) is 5.62. The average Bonchev–Trinajstić information content (AvgIpc) is 3.24. The van der Waals surface area contributed by atoms with Crippen molar-refractivity contribution in [1.82, 2.24) is 14.8 Å². The molecule has 2 heterocycles. The fourth-order valence-electron chi connectivity index (χ4n) is 3.19. The zero-order valence-corrected chi connectivity index (χ0v) is 17.8. The lowest BCUT2D eigenvalue weighted by Crippen LogP contribution is -2.15. The summed E-state index contributed by atoms with van der Waals surface area (Å²) in [5.41, 5.74) is 3.07. The van der Waals surface area contributed by atoms with E-state index in [-0.39, 0.29) is 12.1 Å². The molecule has 0 spiro atoms. The van der Waals surface area contributed by atoms with Crippen molar-refractivity contribution in [2.24, 2.45) is 0 Å². The molecule has 1 N–H and O–H groups in total. The van der Waals surface area contributed by atoms with Gasteiger partial charge >= 0.3 is 6.18 Å². The van der Waals surface area contributed by atoms with Gasteiger partial charge in [-0.1, -0.05) is 19.4 Å². The van der Waals surface area contributed by atoms with Crippen LogP contribution in [0.5, 0.6) is 0 Å². The lowest BCUT2D eigenvalue weighted by molar-refractivity contribution is -0.137. The predicted octanol–water partition coefficient (Wildman–Crippen LogP) is 5.49. The van der Waals surface area contributed by atoms with Crippen LogP contribution in [0.4, 0.5) is 18.9 Å². The van der Waals surface area contributed by atoms with Crippen molar-refractivity contribution in [3.63, 3.8) is 0 Å². The summed E-state index contributed by atoms with van der Waals surface area (Å²) in [7, 11) is 0. The monoisotopic (exact) mass is 436 g/mol. The Hall–Kier alpha value is -2.68. The molecule has 1 aromatic carbocycles. The number of rotatable bonds is 7. The third-order valence-electron chi connectivity index (χ3n) is 4.76. The minimum atomic E-state index is -4.46. The Morgan fingerprint density at radius 2 is 2.03 bits per heavy atom. The molecule has 0 saturated carbocycles. The van der Waals surface area contributed by atoms with E-state index in [4.69, 9.17) is 0 Å². The molecule has 5 nitrogen and oxygen atoms in total. The molecule has 1 amide bonds. The summed E-state index contributed by atoms with van der Waals surface area (Å²) < 4.78 is 40.2. The number of carbonyl (C=O) groups is 1. The summed E-state index contributed by atoms with van der Waals surface area (Å²) in [6, 6.07) is 4.56. The summed E-state index contributed by atoms with van der Waals surface area (Å²) in [5.74, 6) is -0.428. The second-order valence-corrected chi connectivity index (χ2v) is 7.93. The van der Waals surface area contributed by atoms with Gasteiger partial charge in [-0.25, -0.2) is 9.67 Å². The second kappa shape index (κ2) is 8.99. The predicted molar refractivity (Wildman–Crippen MR) is 111 cm³/mol. The van der Waals surface area contributed by atoms with E-state index in [0.717, 1.165) is 42.8 Å². The van der Waals surface area contributed by atoms with Gasteiger partial charge < -0.3 is 5.32 Å². The van der Waals surface area contributed by atoms with Gasteiger partial charge in [-0.3, -0.25) is 4.79 Å². The highest BCUT2D eigenvalue weighted by Crippen LogP contribution is 2.30. The molecule has 0 saturated heterocycles. The Bertz CT molecular complexity index is 1040. The number of aryl methyl sites for hydroxylation is 1. The summed E-state index contributed by atoms with van der Waals surface area (Å²) >= 11 is 1.38. The van der Waals surface area contributed by atoms with E-state index in [1.807, 2.05) is 13.8 Å². The number of hydrogen-bond acceptors (Lipinski definition) is 4. The molecule has 0 unspecified atom stereocenters. The lowest BCUT2D eigenvalue weighted by Gasteiger charge is -2.09. The van der Waals surface area contributed by atoms with Crippen molar-refractivity contribution in [2.75, 3.05) is 5.32 Å². The molecule has 0 aliphatic heterocycles. The smallest absolute Gasteiger partial charge is 0.326 e. The molecule has 9 heteroatoms. The number of benzene rings is 1. The number of unbranched alkanes of at least 4 members (excludes halogenated alkanes) is 1. The molecule has 0 aliphatic rings. The average molecular weight is 437 g/mol. The van der Waals surface area contributed by atoms with E-state index < -0.39 is 17.6 Å². The first kappa shape index (κ1) is 22.0. The van der Waals surface area contributed by atoms with Gasteiger partial charge in [-0.2, -0.15) is 18.3 Å². The molecule has 30 heavy (non-hydrogen) atoms. The van der Waals surface area contributed by atoms with Crippen LogP contribution in [0.1, 0.15) is 48.0 Å². The maximum atomic E-state index is 12.8. The first-order valence-corrected chi connectivity index (χ1v) is 10.5. The van der Waals surface area contributed by atoms with Gasteiger partial charge in [0.15, 0.2) is 0 Å². The van der Waals surface area contributed by atoms with E-state index in [0.29, 0.717) is 10.8 Å². The summed E-state index contributed by atoms with van der Waals surface area (Å²) in [6.45, 7) is 6.13. The van der Waals surface area contributed by atoms with Crippen molar-refractivity contribution in [2.45, 2.75) is 52.6 Å². The highest BCUT2D eigenvalue weighted by molar-refractivity contribution is 7.12. The number of nitrogens with zero attached hydrogens (tertiary/aromatic N) is 3. The van der Waals surface area contributed by atoms with Crippen LogP contribution in [0.2, 0.25) is 0 Å². The molecular weight excluding hydrogens is 413 g/mol. The van der Waals surface area contributed by atoms with Crippen molar-refractivity contribution in [1.29, 1.82) is 0 Å². The minimum absolute atomic E-state index is 0.0330. The number of carbonyl (C=O) groups excluding carboxylic acids is 1. The highest BCUT2D eigenvalue weighted by atomic mass is 32.1. The maximum absolute atomic E-state index is 12.8. The number of alkyl halides is 3. The van der Waals surface area contributed by atoms with Crippen molar-refractivity contribution >= 4 is 22.9 Å². The molecule has 0 radical (unpaired) electrons. The SMILES string of the molecule is CCCCc1c(C)nn(-c2nc(CC(=O)Nc3cccc(C(F)(F)F)c3)cs2)c1C. The summed E-state index contributed by atoms with van der Waals surface area (Å²) in [6.07, 6.45) is -1.33. The van der Waals surface area contributed by atoms with E-state index in [2.05, 4.69) is 22.3 Å². The topological polar surface area (TPSA) is 59.8 Å². The molecule has 0 atom stereocenters. The summed E-state index contributed by atoms with van der Waals surface area (Å²) in [5, 5.41) is 9.52. The van der Waals surface area contributed by atoms with E-state index in [1.165, 1.54) is 29.0 Å². The van der Waals surface area contributed by atoms with Crippen LogP contribution < -0.4 is 5.32 Å². The zero-order chi connectivity index (χ0) is 21.9. The van der Waals surface area contributed by atoms with Gasteiger partial charge in [-0.15, -0.1) is 11.3 Å². The molecule has 2 aromatic heterocycles. The Morgan fingerprint density at radius 1 is 1.27 bits per heavy atom. The second-order valence-electron chi connectivity index (χ2n) is 7.09. The fourth-order valence-corrected chi connectivity index (χ4v) is 4.02.